The van der Waals surface area contributed by atoms with Crippen molar-refractivity contribution in [2.45, 2.75) is 25.8 Å². The third-order valence-corrected chi connectivity index (χ3v) is 4.22. The molecule has 1 heterocycles. The minimum absolute atomic E-state index is 0.270. The highest BCUT2D eigenvalue weighted by Gasteiger charge is 2.18. The van der Waals surface area contributed by atoms with Gasteiger partial charge in [-0.25, -0.2) is 4.79 Å². The lowest BCUT2D eigenvalue weighted by Crippen LogP contribution is -2.36. The van der Waals surface area contributed by atoms with Gasteiger partial charge in [0.1, 0.15) is 0 Å². The van der Waals surface area contributed by atoms with Gasteiger partial charge in [0, 0.05) is 38.5 Å². The van der Waals surface area contributed by atoms with E-state index >= 15 is 0 Å². The van der Waals surface area contributed by atoms with Crippen molar-refractivity contribution < 1.29 is 14.3 Å². The Bertz CT molecular complexity index is 473. The number of benzene rings is 1. The zero-order valence-electron chi connectivity index (χ0n) is 13.4. The van der Waals surface area contributed by atoms with E-state index in [1.165, 1.54) is 5.69 Å². The SMILES string of the molecule is O=C(NCCCF)NCc1ccc(N2CCC(CO)CC2)cc1. The number of hydrogen-bond donors (Lipinski definition) is 3. The molecule has 0 spiro atoms. The molecule has 0 saturated carbocycles. The quantitative estimate of drug-likeness (QED) is 0.673. The summed E-state index contributed by atoms with van der Waals surface area (Å²) in [6.45, 7) is 2.61. The van der Waals surface area contributed by atoms with Gasteiger partial charge in [-0.1, -0.05) is 12.1 Å². The van der Waals surface area contributed by atoms with E-state index in [4.69, 9.17) is 0 Å². The number of carbonyl (C=O) groups is 1. The summed E-state index contributed by atoms with van der Waals surface area (Å²) in [6, 6.07) is 7.88. The van der Waals surface area contributed by atoms with E-state index in [1.54, 1.807) is 0 Å². The van der Waals surface area contributed by atoms with E-state index in [0.717, 1.165) is 31.5 Å². The molecule has 0 aromatic heterocycles. The van der Waals surface area contributed by atoms with Gasteiger partial charge in [0.15, 0.2) is 0 Å². The van der Waals surface area contributed by atoms with E-state index in [2.05, 4.69) is 27.7 Å². The van der Waals surface area contributed by atoms with E-state index in [0.29, 0.717) is 25.4 Å². The van der Waals surface area contributed by atoms with Crippen LogP contribution in [0.3, 0.4) is 0 Å². The summed E-state index contributed by atoms with van der Waals surface area (Å²) in [5, 5.41) is 14.5. The molecule has 1 aromatic carbocycles. The molecule has 3 N–H and O–H groups in total. The number of carbonyl (C=O) groups excluding carboxylic acids is 1. The van der Waals surface area contributed by atoms with Gasteiger partial charge in [0.25, 0.3) is 0 Å². The highest BCUT2D eigenvalue weighted by Crippen LogP contribution is 2.23. The van der Waals surface area contributed by atoms with E-state index in [9.17, 15) is 14.3 Å². The Balaban J connectivity index is 1.75. The minimum Gasteiger partial charge on any atom is -0.396 e. The maximum atomic E-state index is 11.9. The Hall–Kier alpha value is -1.82. The molecule has 1 fully saturated rings. The molecule has 128 valence electrons. The van der Waals surface area contributed by atoms with Crippen LogP contribution in [0.15, 0.2) is 24.3 Å². The molecule has 0 bridgehead atoms. The maximum Gasteiger partial charge on any atom is 0.315 e. The number of aliphatic hydroxyl groups is 1. The van der Waals surface area contributed by atoms with Gasteiger partial charge >= 0.3 is 6.03 Å². The average molecular weight is 323 g/mol. The summed E-state index contributed by atoms with van der Waals surface area (Å²) in [5.74, 6) is 0.436. The molecular weight excluding hydrogens is 297 g/mol. The number of urea groups is 1. The van der Waals surface area contributed by atoms with Crippen LogP contribution in [0.4, 0.5) is 14.9 Å². The molecule has 0 atom stereocenters. The van der Waals surface area contributed by atoms with Crippen molar-refractivity contribution in [2.24, 2.45) is 5.92 Å². The molecule has 5 nitrogen and oxygen atoms in total. The van der Waals surface area contributed by atoms with Gasteiger partial charge in [-0.05, 0) is 42.9 Å². The van der Waals surface area contributed by atoms with Crippen molar-refractivity contribution in [1.82, 2.24) is 10.6 Å². The second-order valence-corrected chi connectivity index (χ2v) is 5.93. The fourth-order valence-corrected chi connectivity index (χ4v) is 2.71. The number of nitrogens with zero attached hydrogens (tertiary/aromatic N) is 1. The number of alkyl halides is 1. The fourth-order valence-electron chi connectivity index (χ4n) is 2.71. The van der Waals surface area contributed by atoms with Crippen LogP contribution in [-0.2, 0) is 6.54 Å². The van der Waals surface area contributed by atoms with Gasteiger partial charge in [-0.3, -0.25) is 4.39 Å². The molecule has 0 unspecified atom stereocenters. The lowest BCUT2D eigenvalue weighted by molar-refractivity contribution is 0.203. The van der Waals surface area contributed by atoms with E-state index in [1.807, 2.05) is 12.1 Å². The summed E-state index contributed by atoms with van der Waals surface area (Å²) in [5.41, 5.74) is 2.21. The van der Waals surface area contributed by atoms with Crippen LogP contribution in [-0.4, -0.2) is 44.1 Å². The number of amides is 2. The molecule has 1 aliphatic rings. The smallest absolute Gasteiger partial charge is 0.315 e. The highest BCUT2D eigenvalue weighted by atomic mass is 19.1. The Labute approximate surface area is 136 Å². The number of halogens is 1. The van der Waals surface area contributed by atoms with Crippen molar-refractivity contribution in [1.29, 1.82) is 0 Å². The third-order valence-electron chi connectivity index (χ3n) is 4.22. The fraction of sp³-hybridized carbons (Fsp3) is 0.588. The molecule has 0 aliphatic carbocycles. The Morgan fingerprint density at radius 1 is 1.22 bits per heavy atom. The van der Waals surface area contributed by atoms with Crippen LogP contribution in [0.1, 0.15) is 24.8 Å². The normalized spacial score (nSPS) is 15.5. The second kappa shape index (κ2) is 9.35. The summed E-state index contributed by atoms with van der Waals surface area (Å²) in [7, 11) is 0. The van der Waals surface area contributed by atoms with Crippen LogP contribution in [0, 0.1) is 5.92 Å². The first-order valence-corrected chi connectivity index (χ1v) is 8.25. The van der Waals surface area contributed by atoms with Crippen molar-refractivity contribution in [3.8, 4) is 0 Å². The van der Waals surface area contributed by atoms with Crippen LogP contribution < -0.4 is 15.5 Å². The monoisotopic (exact) mass is 323 g/mol. The number of nitrogens with one attached hydrogen (secondary N) is 2. The molecule has 1 saturated heterocycles. The van der Waals surface area contributed by atoms with Crippen LogP contribution in [0.2, 0.25) is 0 Å². The Kier molecular flexibility index (Phi) is 7.13. The molecule has 23 heavy (non-hydrogen) atoms. The summed E-state index contributed by atoms with van der Waals surface area (Å²) < 4.78 is 11.9. The number of anilines is 1. The van der Waals surface area contributed by atoms with Crippen LogP contribution in [0.5, 0.6) is 0 Å². The average Bonchev–Trinajstić information content (AvgIpc) is 2.61. The summed E-state index contributed by atoms with van der Waals surface area (Å²) in [4.78, 5) is 13.8. The van der Waals surface area contributed by atoms with Crippen molar-refractivity contribution in [3.63, 3.8) is 0 Å². The lowest BCUT2D eigenvalue weighted by atomic mass is 9.97. The standard InChI is InChI=1S/C17H26FN3O2/c18-8-1-9-19-17(23)20-12-14-2-4-16(5-3-14)21-10-6-15(13-22)7-11-21/h2-5,15,22H,1,6-13H2,(H2,19,20,23). The predicted molar refractivity (Wildman–Crippen MR) is 89.3 cm³/mol. The van der Waals surface area contributed by atoms with Gasteiger partial charge in [-0.15, -0.1) is 0 Å². The van der Waals surface area contributed by atoms with Crippen LogP contribution in [0.25, 0.3) is 0 Å². The molecular formula is C17H26FN3O2. The van der Waals surface area contributed by atoms with Gasteiger partial charge < -0.3 is 20.6 Å². The van der Waals surface area contributed by atoms with Gasteiger partial charge in [0.05, 0.1) is 6.67 Å². The number of aliphatic hydroxyl groups excluding tert-OH is 1. The third kappa shape index (κ3) is 5.71. The van der Waals surface area contributed by atoms with E-state index < -0.39 is 6.67 Å². The van der Waals surface area contributed by atoms with Crippen molar-refractivity contribution in [3.05, 3.63) is 29.8 Å². The number of hydrogen-bond acceptors (Lipinski definition) is 3. The van der Waals surface area contributed by atoms with Crippen LogP contribution >= 0.6 is 0 Å². The highest BCUT2D eigenvalue weighted by molar-refractivity contribution is 5.73. The summed E-state index contributed by atoms with van der Waals surface area (Å²) in [6.07, 6.45) is 2.40. The molecule has 2 rings (SSSR count). The topological polar surface area (TPSA) is 64.6 Å². The number of rotatable bonds is 7. The largest absolute Gasteiger partial charge is 0.396 e. The first-order chi connectivity index (χ1) is 11.2. The van der Waals surface area contributed by atoms with Gasteiger partial charge in [-0.2, -0.15) is 0 Å². The summed E-state index contributed by atoms with van der Waals surface area (Å²) >= 11 is 0. The molecule has 1 aliphatic heterocycles. The Morgan fingerprint density at radius 3 is 2.52 bits per heavy atom. The first kappa shape index (κ1) is 17.5. The van der Waals surface area contributed by atoms with E-state index in [-0.39, 0.29) is 12.6 Å². The molecule has 0 radical (unpaired) electrons. The van der Waals surface area contributed by atoms with Crippen molar-refractivity contribution in [2.75, 3.05) is 37.8 Å². The minimum atomic E-state index is -0.419. The lowest BCUT2D eigenvalue weighted by Gasteiger charge is -2.33. The predicted octanol–water partition coefficient (Wildman–Crippen LogP) is 2.05. The van der Waals surface area contributed by atoms with Gasteiger partial charge in [0.2, 0.25) is 0 Å². The zero-order chi connectivity index (χ0) is 16.5. The number of piperidine rings is 1. The molecule has 2 amide bonds. The maximum absolute atomic E-state index is 11.9. The molecule has 1 aromatic rings. The first-order valence-electron chi connectivity index (χ1n) is 8.25. The Morgan fingerprint density at radius 2 is 1.91 bits per heavy atom. The molecule has 6 heteroatoms. The van der Waals surface area contributed by atoms with Crippen molar-refractivity contribution >= 4 is 11.7 Å². The second-order valence-electron chi connectivity index (χ2n) is 5.93. The zero-order valence-corrected chi connectivity index (χ0v) is 13.4.